The summed E-state index contributed by atoms with van der Waals surface area (Å²) in [7, 11) is 0. The van der Waals surface area contributed by atoms with E-state index < -0.39 is 0 Å². The molecule has 118 valence electrons. The molecule has 0 radical (unpaired) electrons. The molecule has 1 aromatic rings. The van der Waals surface area contributed by atoms with E-state index >= 15 is 0 Å². The quantitative estimate of drug-likeness (QED) is 0.843. The molecule has 1 saturated heterocycles. The molecule has 0 saturated carbocycles. The molecule has 0 aliphatic carbocycles. The predicted molar refractivity (Wildman–Crippen MR) is 86.8 cm³/mol. The summed E-state index contributed by atoms with van der Waals surface area (Å²) in [4.78, 5) is 11.3. The molecule has 1 fully saturated rings. The number of piperidine rings is 1. The van der Waals surface area contributed by atoms with Gasteiger partial charge in [-0.1, -0.05) is 27.2 Å². The first-order valence-electron chi connectivity index (χ1n) is 8.18. The van der Waals surface area contributed by atoms with Crippen molar-refractivity contribution < 1.29 is 5.11 Å². The maximum absolute atomic E-state index is 9.91. The van der Waals surface area contributed by atoms with Crippen molar-refractivity contribution in [2.75, 3.05) is 29.9 Å². The molecule has 0 spiro atoms. The van der Waals surface area contributed by atoms with Gasteiger partial charge in [0.1, 0.15) is 18.0 Å². The average Bonchev–Trinajstić information content (AvgIpc) is 2.49. The van der Waals surface area contributed by atoms with E-state index in [4.69, 9.17) is 0 Å². The van der Waals surface area contributed by atoms with Gasteiger partial charge in [0.15, 0.2) is 0 Å². The molecular weight excluding hydrogens is 264 g/mol. The van der Waals surface area contributed by atoms with Crippen LogP contribution in [0.15, 0.2) is 6.33 Å². The summed E-state index contributed by atoms with van der Waals surface area (Å²) in [5.74, 6) is 2.31. The molecule has 0 bridgehead atoms. The van der Waals surface area contributed by atoms with Gasteiger partial charge < -0.3 is 15.3 Å². The Bertz CT molecular complexity index is 452. The minimum absolute atomic E-state index is 0.185. The normalized spacial score (nSPS) is 22.4. The Morgan fingerprint density at radius 3 is 2.81 bits per heavy atom. The zero-order chi connectivity index (χ0) is 15.2. The van der Waals surface area contributed by atoms with Crippen LogP contribution in [0, 0.1) is 5.92 Å². The molecule has 2 atom stereocenters. The standard InChI is InChI=1S/C16H28N4O/c1-4-6-13-15(17-8-5-2)18-11-19-16(13)20-9-7-14(21)12(3)10-20/h11-12,14,21H,4-10H2,1-3H3,(H,17,18,19). The molecule has 2 heterocycles. The Balaban J connectivity index is 2.25. The maximum Gasteiger partial charge on any atom is 0.137 e. The van der Waals surface area contributed by atoms with Crippen molar-refractivity contribution >= 4 is 11.6 Å². The molecular formula is C16H28N4O. The number of anilines is 2. The third-order valence-corrected chi connectivity index (χ3v) is 4.12. The Morgan fingerprint density at radius 2 is 2.14 bits per heavy atom. The van der Waals surface area contributed by atoms with Gasteiger partial charge in [0, 0.05) is 25.2 Å². The summed E-state index contributed by atoms with van der Waals surface area (Å²) in [5, 5.41) is 13.3. The lowest BCUT2D eigenvalue weighted by Gasteiger charge is -2.36. The Morgan fingerprint density at radius 1 is 1.33 bits per heavy atom. The Hall–Kier alpha value is -1.36. The third kappa shape index (κ3) is 3.84. The Labute approximate surface area is 127 Å². The highest BCUT2D eigenvalue weighted by molar-refractivity contribution is 5.59. The number of aromatic nitrogens is 2. The fourth-order valence-electron chi connectivity index (χ4n) is 2.88. The van der Waals surface area contributed by atoms with Crippen LogP contribution in [-0.4, -0.2) is 40.8 Å². The second-order valence-corrected chi connectivity index (χ2v) is 5.98. The summed E-state index contributed by atoms with van der Waals surface area (Å²) in [5.41, 5.74) is 1.22. The van der Waals surface area contributed by atoms with Crippen LogP contribution in [0.2, 0.25) is 0 Å². The van der Waals surface area contributed by atoms with Gasteiger partial charge in [-0.05, 0) is 25.2 Å². The first kappa shape index (κ1) is 16.0. The van der Waals surface area contributed by atoms with Gasteiger partial charge in [-0.2, -0.15) is 0 Å². The number of hydrogen-bond acceptors (Lipinski definition) is 5. The van der Waals surface area contributed by atoms with E-state index in [0.717, 1.165) is 57.0 Å². The number of hydrogen-bond donors (Lipinski definition) is 2. The smallest absolute Gasteiger partial charge is 0.137 e. The van der Waals surface area contributed by atoms with Gasteiger partial charge in [0.05, 0.1) is 6.10 Å². The largest absolute Gasteiger partial charge is 0.393 e. The van der Waals surface area contributed by atoms with Gasteiger partial charge in [0.2, 0.25) is 0 Å². The fourth-order valence-corrected chi connectivity index (χ4v) is 2.88. The van der Waals surface area contributed by atoms with Crippen LogP contribution in [-0.2, 0) is 6.42 Å². The molecule has 5 heteroatoms. The maximum atomic E-state index is 9.91. The number of nitrogens with one attached hydrogen (secondary N) is 1. The monoisotopic (exact) mass is 292 g/mol. The van der Waals surface area contributed by atoms with Crippen molar-refractivity contribution in [1.29, 1.82) is 0 Å². The van der Waals surface area contributed by atoms with Gasteiger partial charge in [-0.3, -0.25) is 0 Å². The number of aliphatic hydroxyl groups excluding tert-OH is 1. The van der Waals surface area contributed by atoms with Gasteiger partial charge in [-0.25, -0.2) is 9.97 Å². The first-order chi connectivity index (χ1) is 10.2. The molecule has 2 unspecified atom stereocenters. The molecule has 1 aliphatic heterocycles. The SMILES string of the molecule is CCCNc1ncnc(N2CCC(O)C(C)C2)c1CCC. The highest BCUT2D eigenvalue weighted by Crippen LogP contribution is 2.28. The molecule has 1 aromatic heterocycles. The highest BCUT2D eigenvalue weighted by atomic mass is 16.3. The van der Waals surface area contributed by atoms with Crippen LogP contribution in [0.4, 0.5) is 11.6 Å². The second kappa shape index (κ2) is 7.59. The fraction of sp³-hybridized carbons (Fsp3) is 0.750. The van der Waals surface area contributed by atoms with Crippen molar-refractivity contribution in [2.45, 2.75) is 52.6 Å². The lowest BCUT2D eigenvalue weighted by atomic mass is 9.96. The van der Waals surface area contributed by atoms with Gasteiger partial charge >= 0.3 is 0 Å². The van der Waals surface area contributed by atoms with E-state index in [2.05, 4.69) is 41.0 Å². The number of aliphatic hydroxyl groups is 1. The van der Waals surface area contributed by atoms with Crippen LogP contribution in [0.5, 0.6) is 0 Å². The van der Waals surface area contributed by atoms with E-state index in [1.54, 1.807) is 6.33 Å². The molecule has 0 amide bonds. The van der Waals surface area contributed by atoms with E-state index in [-0.39, 0.29) is 12.0 Å². The van der Waals surface area contributed by atoms with Crippen molar-refractivity contribution in [3.63, 3.8) is 0 Å². The molecule has 5 nitrogen and oxygen atoms in total. The summed E-state index contributed by atoms with van der Waals surface area (Å²) in [6, 6.07) is 0. The summed E-state index contributed by atoms with van der Waals surface area (Å²) in [6.45, 7) is 9.11. The second-order valence-electron chi connectivity index (χ2n) is 5.98. The van der Waals surface area contributed by atoms with Crippen molar-refractivity contribution in [1.82, 2.24) is 9.97 Å². The summed E-state index contributed by atoms with van der Waals surface area (Å²) < 4.78 is 0. The van der Waals surface area contributed by atoms with Crippen molar-refractivity contribution in [2.24, 2.45) is 5.92 Å². The van der Waals surface area contributed by atoms with E-state index in [1.807, 2.05) is 0 Å². The van der Waals surface area contributed by atoms with Crippen molar-refractivity contribution in [3.05, 3.63) is 11.9 Å². The van der Waals surface area contributed by atoms with Crippen LogP contribution in [0.3, 0.4) is 0 Å². The lowest BCUT2D eigenvalue weighted by Crippen LogP contribution is -2.42. The topological polar surface area (TPSA) is 61.3 Å². The summed E-state index contributed by atoms with van der Waals surface area (Å²) >= 11 is 0. The van der Waals surface area contributed by atoms with Gasteiger partial charge in [0.25, 0.3) is 0 Å². The van der Waals surface area contributed by atoms with Crippen LogP contribution < -0.4 is 10.2 Å². The van der Waals surface area contributed by atoms with Crippen LogP contribution >= 0.6 is 0 Å². The molecule has 0 aromatic carbocycles. The number of rotatable bonds is 6. The highest BCUT2D eigenvalue weighted by Gasteiger charge is 2.27. The molecule has 2 N–H and O–H groups in total. The van der Waals surface area contributed by atoms with E-state index in [0.29, 0.717) is 0 Å². The average molecular weight is 292 g/mol. The van der Waals surface area contributed by atoms with Crippen LogP contribution in [0.25, 0.3) is 0 Å². The molecule has 1 aliphatic rings. The third-order valence-electron chi connectivity index (χ3n) is 4.12. The van der Waals surface area contributed by atoms with Gasteiger partial charge in [-0.15, -0.1) is 0 Å². The lowest BCUT2D eigenvalue weighted by molar-refractivity contribution is 0.0968. The van der Waals surface area contributed by atoms with E-state index in [1.165, 1.54) is 5.56 Å². The number of nitrogens with zero attached hydrogens (tertiary/aromatic N) is 3. The predicted octanol–water partition coefficient (Wildman–Crippen LogP) is 2.46. The van der Waals surface area contributed by atoms with Crippen molar-refractivity contribution in [3.8, 4) is 0 Å². The first-order valence-corrected chi connectivity index (χ1v) is 8.18. The molecule has 21 heavy (non-hydrogen) atoms. The zero-order valence-corrected chi connectivity index (χ0v) is 13.5. The molecule has 2 rings (SSSR count). The minimum atomic E-state index is -0.185. The van der Waals surface area contributed by atoms with E-state index in [9.17, 15) is 5.11 Å². The Kier molecular flexibility index (Phi) is 5.79. The van der Waals surface area contributed by atoms with Crippen LogP contribution in [0.1, 0.15) is 45.6 Å². The summed E-state index contributed by atoms with van der Waals surface area (Å²) in [6.07, 6.45) is 5.42. The zero-order valence-electron chi connectivity index (χ0n) is 13.5. The minimum Gasteiger partial charge on any atom is -0.393 e.